The number of amides is 5. The third kappa shape index (κ3) is 11.6. The Balaban J connectivity index is 3.34. The van der Waals surface area contributed by atoms with Crippen molar-refractivity contribution in [3.05, 3.63) is 0 Å². The van der Waals surface area contributed by atoms with Crippen LogP contribution in [-0.2, 0) is 33.5 Å². The number of ether oxygens (including phenoxy) is 1. The SMILES string of the molecule is CCCC1CC(=O)NCC(=O)N[C@@H](C(C)C)C(=O)N[C@H](CC(C)C)C(=O)N[C@@H](C)C(=O)N[C@@H](C(C)C)C(=O)O1. The molecule has 0 bridgehead atoms. The molecule has 39 heavy (non-hydrogen) atoms. The lowest BCUT2D eigenvalue weighted by atomic mass is 9.99. The van der Waals surface area contributed by atoms with Gasteiger partial charge >= 0.3 is 5.97 Å². The Morgan fingerprint density at radius 3 is 1.92 bits per heavy atom. The summed E-state index contributed by atoms with van der Waals surface area (Å²) >= 11 is 0. The van der Waals surface area contributed by atoms with Gasteiger partial charge in [-0.3, -0.25) is 24.0 Å². The summed E-state index contributed by atoms with van der Waals surface area (Å²) in [5, 5.41) is 13.1. The van der Waals surface area contributed by atoms with Gasteiger partial charge < -0.3 is 31.3 Å². The van der Waals surface area contributed by atoms with Crippen molar-refractivity contribution in [3.63, 3.8) is 0 Å². The van der Waals surface area contributed by atoms with E-state index >= 15 is 0 Å². The lowest BCUT2D eigenvalue weighted by Gasteiger charge is -2.27. The second kappa shape index (κ2) is 16.0. The first-order chi connectivity index (χ1) is 18.2. The van der Waals surface area contributed by atoms with E-state index in [2.05, 4.69) is 26.6 Å². The topological polar surface area (TPSA) is 172 Å². The van der Waals surface area contributed by atoms with E-state index < -0.39 is 65.8 Å². The van der Waals surface area contributed by atoms with Crippen LogP contribution in [0.15, 0.2) is 0 Å². The Bertz CT molecular complexity index is 890. The van der Waals surface area contributed by atoms with Crippen molar-refractivity contribution in [2.45, 2.75) is 111 Å². The number of esters is 1. The van der Waals surface area contributed by atoms with Gasteiger partial charge in [0.1, 0.15) is 30.3 Å². The molecular formula is C27H47N5O7. The van der Waals surface area contributed by atoms with Gasteiger partial charge in [-0.25, -0.2) is 4.79 Å². The molecule has 12 heteroatoms. The molecule has 5 atom stereocenters. The van der Waals surface area contributed by atoms with Crippen LogP contribution >= 0.6 is 0 Å². The molecule has 0 spiro atoms. The third-order valence-electron chi connectivity index (χ3n) is 6.33. The Kier molecular flexibility index (Phi) is 13.9. The van der Waals surface area contributed by atoms with E-state index in [0.717, 1.165) is 0 Å². The van der Waals surface area contributed by atoms with Crippen molar-refractivity contribution < 1.29 is 33.5 Å². The van der Waals surface area contributed by atoms with Crippen LogP contribution in [0.25, 0.3) is 0 Å². The second-order valence-electron chi connectivity index (χ2n) is 11.3. The summed E-state index contributed by atoms with van der Waals surface area (Å²) in [6.45, 7) is 13.7. The summed E-state index contributed by atoms with van der Waals surface area (Å²) in [4.78, 5) is 77.4. The number of carbonyl (C=O) groups is 6. The maximum absolute atomic E-state index is 13.1. The number of rotatable bonds is 6. The van der Waals surface area contributed by atoms with Crippen molar-refractivity contribution in [2.75, 3.05) is 6.54 Å². The van der Waals surface area contributed by atoms with Crippen molar-refractivity contribution in [2.24, 2.45) is 17.8 Å². The smallest absolute Gasteiger partial charge is 0.329 e. The van der Waals surface area contributed by atoms with Gasteiger partial charge in [-0.15, -0.1) is 0 Å². The minimum Gasteiger partial charge on any atom is -0.460 e. The summed E-state index contributed by atoms with van der Waals surface area (Å²) in [7, 11) is 0. The molecule has 1 aliphatic heterocycles. The maximum Gasteiger partial charge on any atom is 0.329 e. The van der Waals surface area contributed by atoms with Crippen molar-refractivity contribution >= 4 is 35.5 Å². The summed E-state index contributed by atoms with van der Waals surface area (Å²) in [6.07, 6.45) is 0.414. The van der Waals surface area contributed by atoms with Gasteiger partial charge in [0.05, 0.1) is 13.0 Å². The molecule has 222 valence electrons. The molecule has 0 aromatic heterocycles. The van der Waals surface area contributed by atoms with Gasteiger partial charge in [0, 0.05) is 0 Å². The van der Waals surface area contributed by atoms with Crippen molar-refractivity contribution in [1.29, 1.82) is 0 Å². The van der Waals surface area contributed by atoms with E-state index in [1.54, 1.807) is 27.7 Å². The minimum atomic E-state index is -1.02. The molecule has 0 radical (unpaired) electrons. The summed E-state index contributed by atoms with van der Waals surface area (Å²) in [5.74, 6) is -4.09. The zero-order valence-electron chi connectivity index (χ0n) is 24.5. The first kappa shape index (κ1) is 33.8. The van der Waals surface area contributed by atoms with Gasteiger partial charge in [0.15, 0.2) is 0 Å². The van der Waals surface area contributed by atoms with Crippen LogP contribution in [0, 0.1) is 17.8 Å². The van der Waals surface area contributed by atoms with Crippen LogP contribution in [0.2, 0.25) is 0 Å². The zero-order chi connectivity index (χ0) is 29.9. The molecule has 5 amide bonds. The highest BCUT2D eigenvalue weighted by molar-refractivity contribution is 5.95. The van der Waals surface area contributed by atoms with Crippen LogP contribution in [0.4, 0.5) is 0 Å². The molecule has 1 saturated heterocycles. The Labute approximate surface area is 231 Å². The summed E-state index contributed by atoms with van der Waals surface area (Å²) in [6, 6.07) is -3.95. The molecule has 0 aromatic carbocycles. The molecule has 1 aliphatic rings. The molecule has 1 heterocycles. The monoisotopic (exact) mass is 553 g/mol. The number of nitrogens with one attached hydrogen (secondary N) is 5. The standard InChI is InChI=1S/C27H47N5O7/c1-9-10-18-12-20(33)28-13-21(34)31-22(15(4)5)26(37)30-19(11-14(2)3)25(36)29-17(8)24(35)32-23(16(6)7)27(38)39-18/h14-19,22-23H,9-13H2,1-8H3,(H,28,33)(H,29,36)(H,30,37)(H,31,34)(H,32,35)/t17-,18?,19+,22-,23-/m0/s1. The molecule has 0 saturated carbocycles. The number of hydrogen-bond acceptors (Lipinski definition) is 7. The van der Waals surface area contributed by atoms with Crippen molar-refractivity contribution in [3.8, 4) is 0 Å². The molecule has 0 aromatic rings. The zero-order valence-corrected chi connectivity index (χ0v) is 24.5. The average molecular weight is 554 g/mol. The maximum atomic E-state index is 13.1. The predicted molar refractivity (Wildman–Crippen MR) is 145 cm³/mol. The first-order valence-corrected chi connectivity index (χ1v) is 13.8. The van der Waals surface area contributed by atoms with Crippen LogP contribution in [0.3, 0.4) is 0 Å². The summed E-state index contributed by atoms with van der Waals surface area (Å²) < 4.78 is 5.60. The quantitative estimate of drug-likeness (QED) is 0.299. The van der Waals surface area contributed by atoms with Gasteiger partial charge in [0.2, 0.25) is 29.5 Å². The first-order valence-electron chi connectivity index (χ1n) is 13.8. The van der Waals surface area contributed by atoms with Crippen molar-refractivity contribution in [1.82, 2.24) is 26.6 Å². The minimum absolute atomic E-state index is 0.0326. The van der Waals surface area contributed by atoms with Gasteiger partial charge in [-0.2, -0.15) is 0 Å². The van der Waals surface area contributed by atoms with E-state index in [1.165, 1.54) is 6.92 Å². The Morgan fingerprint density at radius 1 is 0.769 bits per heavy atom. The average Bonchev–Trinajstić information content (AvgIpc) is 2.82. The lowest BCUT2D eigenvalue weighted by molar-refractivity contribution is -0.156. The van der Waals surface area contributed by atoms with Crippen LogP contribution in [-0.4, -0.2) is 72.3 Å². The number of hydrogen-bond donors (Lipinski definition) is 5. The van der Waals surface area contributed by atoms with Crippen LogP contribution < -0.4 is 26.6 Å². The highest BCUT2D eigenvalue weighted by Crippen LogP contribution is 2.13. The fraction of sp³-hybridized carbons (Fsp3) is 0.778. The Hall–Kier alpha value is -3.18. The second-order valence-corrected chi connectivity index (χ2v) is 11.3. The van der Waals surface area contributed by atoms with Crippen LogP contribution in [0.5, 0.6) is 0 Å². The van der Waals surface area contributed by atoms with Crippen LogP contribution in [0.1, 0.15) is 81.1 Å². The Morgan fingerprint density at radius 2 is 1.38 bits per heavy atom. The largest absolute Gasteiger partial charge is 0.460 e. The molecule has 12 nitrogen and oxygen atoms in total. The van der Waals surface area contributed by atoms with E-state index in [1.807, 2.05) is 20.8 Å². The predicted octanol–water partition coefficient (Wildman–Crippen LogP) is 0.535. The lowest BCUT2D eigenvalue weighted by Crippen LogP contribution is -2.58. The van der Waals surface area contributed by atoms with E-state index in [-0.39, 0.29) is 30.7 Å². The van der Waals surface area contributed by atoms with E-state index in [0.29, 0.717) is 19.3 Å². The molecule has 1 rings (SSSR count). The van der Waals surface area contributed by atoms with Gasteiger partial charge in [-0.1, -0.05) is 54.9 Å². The fourth-order valence-corrected chi connectivity index (χ4v) is 4.10. The molecule has 5 N–H and O–H groups in total. The highest BCUT2D eigenvalue weighted by Gasteiger charge is 2.33. The van der Waals surface area contributed by atoms with Gasteiger partial charge in [0.25, 0.3) is 0 Å². The molecular weight excluding hydrogens is 506 g/mol. The number of carbonyl (C=O) groups excluding carboxylic acids is 6. The molecule has 0 aliphatic carbocycles. The third-order valence-corrected chi connectivity index (χ3v) is 6.33. The van der Waals surface area contributed by atoms with E-state index in [4.69, 9.17) is 4.74 Å². The van der Waals surface area contributed by atoms with Gasteiger partial charge in [-0.05, 0) is 37.5 Å². The molecule has 1 fully saturated rings. The fourth-order valence-electron chi connectivity index (χ4n) is 4.10. The number of cyclic esters (lactones) is 1. The molecule has 1 unspecified atom stereocenters. The normalized spacial score (nSPS) is 27.0. The highest BCUT2D eigenvalue weighted by atomic mass is 16.5. The summed E-state index contributed by atoms with van der Waals surface area (Å²) in [5.41, 5.74) is 0. The van der Waals surface area contributed by atoms with E-state index in [9.17, 15) is 28.8 Å².